The van der Waals surface area contributed by atoms with Crippen molar-refractivity contribution in [3.05, 3.63) is 40.5 Å². The van der Waals surface area contributed by atoms with Crippen molar-refractivity contribution in [1.29, 1.82) is 0 Å². The molecule has 0 unspecified atom stereocenters. The number of esters is 1. The molecule has 0 aliphatic rings. The molecule has 0 radical (unpaired) electrons. The van der Waals surface area contributed by atoms with Gasteiger partial charge in [0.05, 0.1) is 18.4 Å². The smallest absolute Gasteiger partial charge is 0.340 e. The number of aromatic nitrogens is 2. The summed E-state index contributed by atoms with van der Waals surface area (Å²) in [6, 6.07) is 2.49. The number of hydrogen-bond acceptors (Lipinski definition) is 4. The van der Waals surface area contributed by atoms with Crippen LogP contribution in [0.3, 0.4) is 0 Å². The van der Waals surface area contributed by atoms with Gasteiger partial charge in [0.15, 0.2) is 5.82 Å². The lowest BCUT2D eigenvalue weighted by atomic mass is 10.1. The number of rotatable bonds is 3. The number of aryl methyl sites for hydroxylation is 1. The summed E-state index contributed by atoms with van der Waals surface area (Å²) < 4.78 is 20.4. The minimum atomic E-state index is -0.606. The van der Waals surface area contributed by atoms with Crippen molar-refractivity contribution >= 4 is 11.7 Å². The molecular weight excluding hydrogens is 273 g/mol. The molecule has 1 heterocycles. The van der Waals surface area contributed by atoms with Crippen LogP contribution in [-0.4, -0.2) is 22.9 Å². The third kappa shape index (κ3) is 2.49. The summed E-state index contributed by atoms with van der Waals surface area (Å²) in [6.07, 6.45) is 0.804. The van der Waals surface area contributed by atoms with E-state index < -0.39 is 11.8 Å². The van der Waals surface area contributed by atoms with Gasteiger partial charge in [-0.25, -0.2) is 13.9 Å². The van der Waals surface area contributed by atoms with Crippen LogP contribution in [-0.2, 0) is 11.2 Å². The van der Waals surface area contributed by atoms with E-state index in [-0.39, 0.29) is 16.9 Å². The van der Waals surface area contributed by atoms with Crippen LogP contribution in [0.4, 0.5) is 10.1 Å². The van der Waals surface area contributed by atoms with Crippen LogP contribution >= 0.6 is 0 Å². The molecule has 1 aromatic carbocycles. The van der Waals surface area contributed by atoms with Gasteiger partial charge in [0, 0.05) is 11.4 Å². The monoisotopic (exact) mass is 291 g/mol. The van der Waals surface area contributed by atoms with Gasteiger partial charge in [-0.1, -0.05) is 6.92 Å². The maximum atomic E-state index is 14.2. The van der Waals surface area contributed by atoms with Crippen molar-refractivity contribution in [2.45, 2.75) is 27.2 Å². The van der Waals surface area contributed by atoms with Crippen molar-refractivity contribution in [3.63, 3.8) is 0 Å². The van der Waals surface area contributed by atoms with Crippen LogP contribution in [0.25, 0.3) is 5.69 Å². The van der Waals surface area contributed by atoms with Crippen molar-refractivity contribution in [2.75, 3.05) is 12.8 Å². The molecule has 0 saturated heterocycles. The molecule has 2 N–H and O–H groups in total. The quantitative estimate of drug-likeness (QED) is 0.697. The minimum Gasteiger partial charge on any atom is -0.465 e. The van der Waals surface area contributed by atoms with E-state index in [4.69, 9.17) is 5.73 Å². The maximum absolute atomic E-state index is 14.2. The highest BCUT2D eigenvalue weighted by molar-refractivity contribution is 5.95. The number of hydrogen-bond donors (Lipinski definition) is 1. The van der Waals surface area contributed by atoms with Gasteiger partial charge < -0.3 is 10.5 Å². The summed E-state index contributed by atoms with van der Waals surface area (Å²) in [6.45, 7) is 5.76. The molecule has 1 aromatic heterocycles. The number of carbonyl (C=O) groups is 1. The predicted molar refractivity (Wildman–Crippen MR) is 78.1 cm³/mol. The molecular formula is C15H18FN3O2. The molecule has 0 amide bonds. The van der Waals surface area contributed by atoms with Gasteiger partial charge in [-0.05, 0) is 38.0 Å². The fourth-order valence-electron chi connectivity index (χ4n) is 2.45. The molecule has 5 nitrogen and oxygen atoms in total. The standard InChI is InChI=1S/C15H18FN3O2/c1-5-10-8(2)18-19(9(10)3)14-6-11(15(20)21-4)13(17)7-12(14)16/h6-7H,5,17H2,1-4H3. The molecule has 0 bridgehead atoms. The highest BCUT2D eigenvalue weighted by Crippen LogP contribution is 2.25. The molecule has 2 aromatic rings. The fourth-order valence-corrected chi connectivity index (χ4v) is 2.45. The van der Waals surface area contributed by atoms with Crippen LogP contribution in [0.5, 0.6) is 0 Å². The van der Waals surface area contributed by atoms with Crippen LogP contribution < -0.4 is 5.73 Å². The molecule has 2 rings (SSSR count). The zero-order valence-electron chi connectivity index (χ0n) is 12.5. The summed E-state index contributed by atoms with van der Waals surface area (Å²) in [4.78, 5) is 11.7. The number of ether oxygens (including phenoxy) is 1. The average molecular weight is 291 g/mol. The summed E-state index contributed by atoms with van der Waals surface area (Å²) in [7, 11) is 1.25. The Morgan fingerprint density at radius 2 is 2.10 bits per heavy atom. The molecule has 6 heteroatoms. The molecule has 0 aliphatic heterocycles. The fraction of sp³-hybridized carbons (Fsp3) is 0.333. The van der Waals surface area contributed by atoms with Gasteiger partial charge >= 0.3 is 5.97 Å². The number of methoxy groups -OCH3 is 1. The summed E-state index contributed by atoms with van der Waals surface area (Å²) in [5.41, 5.74) is 8.77. The topological polar surface area (TPSA) is 70.1 Å². The predicted octanol–water partition coefficient (Wildman–Crippen LogP) is 2.56. The van der Waals surface area contributed by atoms with Gasteiger partial charge in [-0.3, -0.25) is 0 Å². The first-order chi connectivity index (χ1) is 9.90. The van der Waals surface area contributed by atoms with E-state index >= 15 is 0 Å². The highest BCUT2D eigenvalue weighted by Gasteiger charge is 2.19. The third-order valence-corrected chi connectivity index (χ3v) is 3.55. The normalized spacial score (nSPS) is 10.7. The second-order valence-electron chi connectivity index (χ2n) is 4.80. The molecule has 0 aliphatic carbocycles. The average Bonchev–Trinajstić information content (AvgIpc) is 2.72. The summed E-state index contributed by atoms with van der Waals surface area (Å²) >= 11 is 0. The van der Waals surface area contributed by atoms with Gasteiger partial charge in [0.25, 0.3) is 0 Å². The van der Waals surface area contributed by atoms with E-state index in [1.54, 1.807) is 0 Å². The highest BCUT2D eigenvalue weighted by atomic mass is 19.1. The number of nitrogen functional groups attached to an aromatic ring is 1. The molecule has 0 fully saturated rings. The Morgan fingerprint density at radius 1 is 1.43 bits per heavy atom. The van der Waals surface area contributed by atoms with Crippen molar-refractivity contribution in [2.24, 2.45) is 0 Å². The molecule has 0 saturated carbocycles. The molecule has 0 spiro atoms. The Labute approximate surface area is 122 Å². The third-order valence-electron chi connectivity index (χ3n) is 3.55. The first kappa shape index (κ1) is 15.0. The van der Waals surface area contributed by atoms with E-state index in [9.17, 15) is 9.18 Å². The Hall–Kier alpha value is -2.37. The first-order valence-electron chi connectivity index (χ1n) is 6.63. The summed E-state index contributed by atoms with van der Waals surface area (Å²) in [5, 5.41) is 4.35. The van der Waals surface area contributed by atoms with E-state index in [0.717, 1.165) is 29.4 Å². The number of benzene rings is 1. The molecule has 112 valence electrons. The largest absolute Gasteiger partial charge is 0.465 e. The number of nitrogens with two attached hydrogens (primary N) is 1. The van der Waals surface area contributed by atoms with Crippen LogP contribution in [0.2, 0.25) is 0 Å². The van der Waals surface area contributed by atoms with Gasteiger partial charge in [0.2, 0.25) is 0 Å². The Kier molecular flexibility index (Phi) is 3.97. The van der Waals surface area contributed by atoms with E-state index in [1.807, 2.05) is 20.8 Å². The Morgan fingerprint density at radius 3 is 2.62 bits per heavy atom. The number of nitrogens with zero attached hydrogens (tertiary/aromatic N) is 2. The second kappa shape index (κ2) is 5.55. The van der Waals surface area contributed by atoms with Gasteiger partial charge in [-0.2, -0.15) is 5.10 Å². The van der Waals surface area contributed by atoms with E-state index in [2.05, 4.69) is 9.84 Å². The minimum absolute atomic E-state index is 0.0420. The summed E-state index contributed by atoms with van der Waals surface area (Å²) in [5.74, 6) is -1.14. The van der Waals surface area contributed by atoms with E-state index in [0.29, 0.717) is 0 Å². The molecule has 21 heavy (non-hydrogen) atoms. The van der Waals surface area contributed by atoms with Crippen LogP contribution in [0.1, 0.15) is 34.2 Å². The van der Waals surface area contributed by atoms with Gasteiger partial charge in [0.1, 0.15) is 5.69 Å². The van der Waals surface area contributed by atoms with Crippen LogP contribution in [0.15, 0.2) is 12.1 Å². The second-order valence-corrected chi connectivity index (χ2v) is 4.80. The van der Waals surface area contributed by atoms with Crippen molar-refractivity contribution in [3.8, 4) is 5.69 Å². The Bertz CT molecular complexity index is 707. The van der Waals surface area contributed by atoms with Crippen molar-refractivity contribution in [1.82, 2.24) is 9.78 Å². The number of halogens is 1. The van der Waals surface area contributed by atoms with Crippen molar-refractivity contribution < 1.29 is 13.9 Å². The van der Waals surface area contributed by atoms with Crippen LogP contribution in [0, 0.1) is 19.7 Å². The lowest BCUT2D eigenvalue weighted by Gasteiger charge is -2.10. The van der Waals surface area contributed by atoms with Gasteiger partial charge in [-0.15, -0.1) is 0 Å². The van der Waals surface area contributed by atoms with E-state index in [1.165, 1.54) is 17.9 Å². The SMILES string of the molecule is CCc1c(C)nn(-c2cc(C(=O)OC)c(N)cc2F)c1C. The number of anilines is 1. The zero-order valence-corrected chi connectivity index (χ0v) is 12.5. The zero-order chi connectivity index (χ0) is 15.7. The lowest BCUT2D eigenvalue weighted by Crippen LogP contribution is -2.10. The lowest BCUT2D eigenvalue weighted by molar-refractivity contribution is 0.0602. The Balaban J connectivity index is 2.67. The first-order valence-corrected chi connectivity index (χ1v) is 6.63. The molecule has 0 atom stereocenters. The maximum Gasteiger partial charge on any atom is 0.340 e. The number of carbonyl (C=O) groups excluding carboxylic acids is 1.